The minimum atomic E-state index is -11.2. The van der Waals surface area contributed by atoms with Crippen molar-refractivity contribution in [3.63, 3.8) is 0 Å². The van der Waals surface area contributed by atoms with Gasteiger partial charge in [0.05, 0.1) is 6.04 Å². The van der Waals surface area contributed by atoms with Gasteiger partial charge in [0.25, 0.3) is 0 Å². The molecule has 0 aliphatic heterocycles. The van der Waals surface area contributed by atoms with Gasteiger partial charge in [-0.1, -0.05) is 33.1 Å². The molecule has 0 fully saturated rings. The van der Waals surface area contributed by atoms with E-state index in [2.05, 4.69) is 19.6 Å². The Hall–Kier alpha value is 0.358. The molecule has 8 heteroatoms. The van der Waals surface area contributed by atoms with E-state index in [4.69, 9.17) is 0 Å². The normalized spacial score (nSPS) is 17.5. The first-order chi connectivity index (χ1) is 7.26. The molecule has 0 heterocycles. The maximum absolute atomic E-state index is 11.2. The standard InChI is InChI=1S/C9H21N.6FH.Sb/c1-3-5-6-8-9(10)7-4-2;;;;;;;/h9H,3-8,10H2,1-2H3;6*1H;/q;;;;;;;+5/p-5. The Balaban J connectivity index is 0. The third-order valence-corrected chi connectivity index (χ3v) is 1.91. The predicted molar refractivity (Wildman–Crippen MR) is 58.1 cm³/mol. The second-order valence-electron chi connectivity index (χ2n) is 4.11. The Morgan fingerprint density at radius 2 is 1.24 bits per heavy atom. The van der Waals surface area contributed by atoms with Gasteiger partial charge in [0.1, 0.15) is 0 Å². The summed E-state index contributed by atoms with van der Waals surface area (Å²) < 4.78 is 59.6. The molecule has 3 N–H and O–H groups in total. The molecule has 1 nitrogen and oxygen atoms in total. The van der Waals surface area contributed by atoms with Crippen LogP contribution in [0.5, 0.6) is 0 Å². The number of quaternary nitrogens is 1. The van der Waals surface area contributed by atoms with Crippen molar-refractivity contribution >= 4 is 19.5 Å². The fourth-order valence-corrected chi connectivity index (χ4v) is 1.24. The minimum absolute atomic E-state index is 0.719. The molecule has 0 radical (unpaired) electrons. The molecule has 0 aliphatic rings. The van der Waals surface area contributed by atoms with Crippen LogP contribution in [0.2, 0.25) is 0 Å². The van der Waals surface area contributed by atoms with Crippen LogP contribution in [0.25, 0.3) is 0 Å². The van der Waals surface area contributed by atoms with Crippen molar-refractivity contribution in [1.82, 2.24) is 0 Å². The zero-order valence-corrected chi connectivity index (χ0v) is 12.8. The zero-order chi connectivity index (χ0) is 14.2. The topological polar surface area (TPSA) is 27.6 Å². The number of unbranched alkanes of at least 4 members (excludes halogenated alkanes) is 2. The van der Waals surface area contributed by atoms with Gasteiger partial charge in [0.15, 0.2) is 0 Å². The first-order valence-corrected chi connectivity index (χ1v) is 11.4. The van der Waals surface area contributed by atoms with Gasteiger partial charge < -0.3 is 5.73 Å². The summed E-state index contributed by atoms with van der Waals surface area (Å²) in [7, 11) is 0. The van der Waals surface area contributed by atoms with Crippen LogP contribution in [0.1, 0.15) is 52.4 Å². The molecule has 0 saturated heterocycles. The fraction of sp³-hybridized carbons (Fsp3) is 1.00. The molecule has 0 aliphatic carbocycles. The molecule has 0 aromatic heterocycles. The summed E-state index contributed by atoms with van der Waals surface area (Å²) in [4.78, 5) is 0. The third-order valence-electron chi connectivity index (χ3n) is 1.91. The number of halogens is 6. The van der Waals surface area contributed by atoms with Crippen LogP contribution >= 0.6 is 0 Å². The van der Waals surface area contributed by atoms with Crippen LogP contribution in [0, 0.1) is 0 Å². The molecule has 0 spiro atoms. The first-order valence-electron chi connectivity index (χ1n) is 5.65. The molecular formula is C9H22F6NSb. The predicted octanol–water partition coefficient (Wildman–Crippen LogP) is 4.12. The van der Waals surface area contributed by atoms with E-state index in [0.29, 0.717) is 0 Å². The van der Waals surface area contributed by atoms with Crippen molar-refractivity contribution in [3.8, 4) is 0 Å². The number of hydrogen-bond acceptors (Lipinski definition) is 0. The summed E-state index contributed by atoms with van der Waals surface area (Å²) in [5, 5.41) is 0. The Kier molecular flexibility index (Phi) is 7.53. The van der Waals surface area contributed by atoms with E-state index in [9.17, 15) is 16.9 Å². The summed E-state index contributed by atoms with van der Waals surface area (Å²) in [6.45, 7) is 4.48. The van der Waals surface area contributed by atoms with Gasteiger partial charge in [-0.25, -0.2) is 0 Å². The average Bonchev–Trinajstić information content (AvgIpc) is 1.99. The van der Waals surface area contributed by atoms with Crippen LogP contribution in [-0.4, -0.2) is 25.5 Å². The van der Waals surface area contributed by atoms with E-state index in [1.165, 1.54) is 38.5 Å². The van der Waals surface area contributed by atoms with Crippen LogP contribution in [0.4, 0.5) is 16.9 Å². The average molecular weight is 380 g/mol. The van der Waals surface area contributed by atoms with Gasteiger partial charge in [0.2, 0.25) is 0 Å². The van der Waals surface area contributed by atoms with Crippen LogP contribution in [0.3, 0.4) is 0 Å². The second-order valence-corrected chi connectivity index (χ2v) is 9.58. The maximum atomic E-state index is 9.93. The van der Waals surface area contributed by atoms with Gasteiger partial charge in [-0.3, -0.25) is 0 Å². The monoisotopic (exact) mass is 379 g/mol. The van der Waals surface area contributed by atoms with E-state index in [1.807, 2.05) is 0 Å². The molecule has 0 aromatic rings. The van der Waals surface area contributed by atoms with Crippen LogP contribution in [-0.2, 0) is 0 Å². The van der Waals surface area contributed by atoms with Gasteiger partial charge >= 0.3 is 36.4 Å². The molecule has 0 rings (SSSR count). The van der Waals surface area contributed by atoms with Gasteiger partial charge in [0, 0.05) is 0 Å². The van der Waals surface area contributed by atoms with E-state index in [1.54, 1.807) is 0 Å². The Bertz CT molecular complexity index is 187. The van der Waals surface area contributed by atoms with Gasteiger partial charge in [-0.2, -0.15) is 0 Å². The number of rotatable bonds is 6. The van der Waals surface area contributed by atoms with Crippen LogP contribution < -0.4 is 5.73 Å². The third kappa shape index (κ3) is 48.3. The summed E-state index contributed by atoms with van der Waals surface area (Å²) in [6.07, 6.45) is 8.03. The molecule has 110 valence electrons. The van der Waals surface area contributed by atoms with Crippen molar-refractivity contribution in [3.05, 3.63) is 0 Å². The molecule has 0 aromatic carbocycles. The zero-order valence-electron chi connectivity index (χ0n) is 10.2. The first kappa shape index (κ1) is 19.7. The second kappa shape index (κ2) is 6.50. The Labute approximate surface area is 101 Å². The van der Waals surface area contributed by atoms with E-state index in [-0.39, 0.29) is 0 Å². The SMILES string of the molecule is CCCCCC([NH3+])CCC.[F][Sb-]([F])([F])([F])([F])[F]. The molecular weight excluding hydrogens is 358 g/mol. The van der Waals surface area contributed by atoms with Crippen molar-refractivity contribution in [1.29, 1.82) is 0 Å². The van der Waals surface area contributed by atoms with E-state index in [0.717, 1.165) is 6.04 Å². The van der Waals surface area contributed by atoms with Crippen molar-refractivity contribution < 1.29 is 22.6 Å². The van der Waals surface area contributed by atoms with E-state index < -0.39 is 19.5 Å². The number of hydrogen-bond donors (Lipinski definition) is 1. The quantitative estimate of drug-likeness (QED) is 0.408. The van der Waals surface area contributed by atoms with Crippen molar-refractivity contribution in [2.75, 3.05) is 0 Å². The molecule has 1 unspecified atom stereocenters. The Morgan fingerprint density at radius 3 is 1.53 bits per heavy atom. The molecule has 1 atom stereocenters. The Morgan fingerprint density at radius 1 is 0.824 bits per heavy atom. The summed E-state index contributed by atoms with van der Waals surface area (Å²) in [5.41, 5.74) is 4.10. The van der Waals surface area contributed by atoms with Crippen molar-refractivity contribution in [2.45, 2.75) is 58.4 Å². The molecule has 0 amide bonds. The van der Waals surface area contributed by atoms with Gasteiger partial charge in [-0.05, 0) is 19.3 Å². The van der Waals surface area contributed by atoms with Crippen LogP contribution in [0.15, 0.2) is 0 Å². The molecule has 0 bridgehead atoms. The fourth-order valence-electron chi connectivity index (χ4n) is 1.24. The summed E-state index contributed by atoms with van der Waals surface area (Å²) >= 11 is -11.2. The van der Waals surface area contributed by atoms with Crippen molar-refractivity contribution in [2.24, 2.45) is 0 Å². The summed E-state index contributed by atoms with van der Waals surface area (Å²) in [6, 6.07) is 0.719. The molecule has 0 saturated carbocycles. The van der Waals surface area contributed by atoms with E-state index >= 15 is 0 Å². The summed E-state index contributed by atoms with van der Waals surface area (Å²) in [5.74, 6) is 0. The molecule has 17 heavy (non-hydrogen) atoms. The van der Waals surface area contributed by atoms with Gasteiger partial charge in [-0.15, -0.1) is 0 Å².